The van der Waals surface area contributed by atoms with E-state index in [9.17, 15) is 28.8 Å². The lowest BCUT2D eigenvalue weighted by atomic mass is 9.98. The highest BCUT2D eigenvalue weighted by atomic mass is 32.2. The van der Waals surface area contributed by atoms with Crippen LogP contribution in [0.1, 0.15) is 48.4 Å². The molecule has 3 unspecified atom stereocenters. The molecule has 12 heteroatoms. The molecule has 0 N–H and O–H groups in total. The Labute approximate surface area is 229 Å². The fraction of sp³-hybridized carbons (Fsp3) is 0.259. The third-order valence-electron chi connectivity index (χ3n) is 6.50. The van der Waals surface area contributed by atoms with Crippen LogP contribution < -0.4 is 0 Å². The van der Waals surface area contributed by atoms with E-state index in [-0.39, 0.29) is 22.3 Å². The predicted octanol–water partition coefficient (Wildman–Crippen LogP) is 3.09. The zero-order valence-electron chi connectivity index (χ0n) is 21.7. The van der Waals surface area contributed by atoms with Gasteiger partial charge in [-0.1, -0.05) is 30.8 Å². The first-order valence-corrected chi connectivity index (χ1v) is 16.4. The predicted molar refractivity (Wildman–Crippen MR) is 144 cm³/mol. The maximum atomic E-state index is 13.7. The number of fused-ring (bicyclic) bond motifs is 2. The molecule has 3 aliphatic heterocycles. The van der Waals surface area contributed by atoms with E-state index in [1.54, 1.807) is 31.2 Å². The molecule has 1 saturated heterocycles. The molecule has 0 aliphatic carbocycles. The monoisotopic (exact) mass is 563 g/mol. The first kappa shape index (κ1) is 26.6. The number of hydrogen-bond acceptors (Lipinski definition) is 8. The standard InChI is InChI=1S/C27H25N3O7SSi/c1-14(2)19(27(36)37-39(3,4)5)29-25(35)20(28-21(31)15-10-6-7-11-16(15)22(28)32)26(29)38-30-23(33)17-12-8-9-13-18(17)24(30)34/h6-13,19-20,26H,1H2,2-5H3. The van der Waals surface area contributed by atoms with Crippen molar-refractivity contribution in [1.82, 2.24) is 14.1 Å². The number of β-lactam (4-membered cyclic amide) rings is 1. The molecule has 0 radical (unpaired) electrons. The average molecular weight is 564 g/mol. The largest absolute Gasteiger partial charge is 0.518 e. The Morgan fingerprint density at radius 3 is 1.69 bits per heavy atom. The van der Waals surface area contributed by atoms with Gasteiger partial charge in [-0.2, -0.15) is 0 Å². The van der Waals surface area contributed by atoms with Crippen molar-refractivity contribution in [3.05, 3.63) is 82.9 Å². The Hall–Kier alpha value is -4.03. The van der Waals surface area contributed by atoms with Gasteiger partial charge in [0.2, 0.25) is 8.32 Å². The first-order valence-electron chi connectivity index (χ1n) is 12.2. The van der Waals surface area contributed by atoms with Crippen LogP contribution in [0.25, 0.3) is 0 Å². The summed E-state index contributed by atoms with van der Waals surface area (Å²) >= 11 is 0.693. The van der Waals surface area contributed by atoms with Crippen LogP contribution in [-0.4, -0.2) is 75.4 Å². The molecule has 3 heterocycles. The maximum Gasteiger partial charge on any atom is 0.319 e. The third kappa shape index (κ3) is 4.19. The number of nitrogens with zero attached hydrogens (tertiary/aromatic N) is 3. The van der Waals surface area contributed by atoms with E-state index in [1.165, 1.54) is 24.3 Å². The summed E-state index contributed by atoms with van der Waals surface area (Å²) in [5, 5.41) is -1.14. The molecule has 0 bridgehead atoms. The molecule has 2 aromatic rings. The summed E-state index contributed by atoms with van der Waals surface area (Å²) in [6, 6.07) is 9.87. The van der Waals surface area contributed by atoms with Crippen LogP contribution in [0.5, 0.6) is 0 Å². The van der Waals surface area contributed by atoms with Gasteiger partial charge in [0.1, 0.15) is 5.37 Å². The molecule has 200 valence electrons. The molecule has 1 fully saturated rings. The number of likely N-dealkylation sites (tertiary alicyclic amines) is 1. The second-order valence-electron chi connectivity index (χ2n) is 10.4. The zero-order valence-corrected chi connectivity index (χ0v) is 23.5. The lowest BCUT2D eigenvalue weighted by Crippen LogP contribution is -2.74. The summed E-state index contributed by atoms with van der Waals surface area (Å²) in [5.74, 6) is -3.94. The Kier molecular flexibility index (Phi) is 6.34. The Morgan fingerprint density at radius 2 is 1.28 bits per heavy atom. The van der Waals surface area contributed by atoms with E-state index in [2.05, 4.69) is 6.58 Å². The zero-order chi connectivity index (χ0) is 28.4. The van der Waals surface area contributed by atoms with Gasteiger partial charge >= 0.3 is 5.97 Å². The van der Waals surface area contributed by atoms with Crippen LogP contribution in [0.4, 0.5) is 0 Å². The van der Waals surface area contributed by atoms with Crippen LogP contribution >= 0.6 is 11.9 Å². The minimum atomic E-state index is -2.39. The molecule has 0 aromatic heterocycles. The van der Waals surface area contributed by atoms with Crippen molar-refractivity contribution in [3.63, 3.8) is 0 Å². The molecule has 3 atom stereocenters. The van der Waals surface area contributed by atoms with Gasteiger partial charge < -0.3 is 9.33 Å². The van der Waals surface area contributed by atoms with E-state index in [1.807, 2.05) is 19.6 Å². The van der Waals surface area contributed by atoms with Gasteiger partial charge in [0, 0.05) is 0 Å². The lowest BCUT2D eigenvalue weighted by molar-refractivity contribution is -0.160. The smallest absolute Gasteiger partial charge is 0.319 e. The Balaban J connectivity index is 1.54. The molecular formula is C27H25N3O7SSi. The first-order chi connectivity index (χ1) is 18.3. The number of rotatable bonds is 7. The normalized spacial score (nSPS) is 21.1. The Bertz CT molecular complexity index is 1430. The van der Waals surface area contributed by atoms with Crippen LogP contribution in [-0.2, 0) is 14.0 Å². The highest BCUT2D eigenvalue weighted by Gasteiger charge is 2.61. The van der Waals surface area contributed by atoms with Crippen LogP contribution in [0.15, 0.2) is 60.7 Å². The summed E-state index contributed by atoms with van der Waals surface area (Å²) < 4.78 is 6.57. The Morgan fingerprint density at radius 1 is 0.846 bits per heavy atom. The van der Waals surface area contributed by atoms with Crippen LogP contribution in [0.2, 0.25) is 19.6 Å². The number of carbonyl (C=O) groups excluding carboxylic acids is 6. The number of hydrogen-bond donors (Lipinski definition) is 0. The lowest BCUT2D eigenvalue weighted by Gasteiger charge is -2.52. The summed E-state index contributed by atoms with van der Waals surface area (Å²) in [7, 11) is -2.39. The molecule has 3 aliphatic rings. The SMILES string of the molecule is C=C(C)C(C(=O)O[Si](C)(C)C)N1C(=O)C(N2C(=O)c3ccccc3C2=O)C1SN1C(=O)c2ccccc2C1=O. The number of benzene rings is 2. The second-order valence-corrected chi connectivity index (χ2v) is 15.9. The van der Waals surface area contributed by atoms with Crippen molar-refractivity contribution in [2.24, 2.45) is 0 Å². The van der Waals surface area contributed by atoms with Gasteiger partial charge in [-0.05, 0) is 68.4 Å². The molecule has 10 nitrogen and oxygen atoms in total. The fourth-order valence-electron chi connectivity index (χ4n) is 4.83. The van der Waals surface area contributed by atoms with Crippen molar-refractivity contribution in [1.29, 1.82) is 0 Å². The topological polar surface area (TPSA) is 121 Å². The molecular weight excluding hydrogens is 538 g/mol. The fourth-order valence-corrected chi connectivity index (χ4v) is 6.83. The minimum absolute atomic E-state index is 0.146. The maximum absolute atomic E-state index is 13.7. The van der Waals surface area contributed by atoms with Crippen molar-refractivity contribution < 1.29 is 33.2 Å². The van der Waals surface area contributed by atoms with Crippen molar-refractivity contribution in [3.8, 4) is 0 Å². The number of amides is 5. The highest BCUT2D eigenvalue weighted by Crippen LogP contribution is 2.43. The van der Waals surface area contributed by atoms with E-state index in [4.69, 9.17) is 4.43 Å². The van der Waals surface area contributed by atoms with Crippen LogP contribution in [0, 0.1) is 0 Å². The molecule has 39 heavy (non-hydrogen) atoms. The van der Waals surface area contributed by atoms with Crippen molar-refractivity contribution in [2.75, 3.05) is 0 Å². The van der Waals surface area contributed by atoms with E-state index < -0.39 is 61.3 Å². The quantitative estimate of drug-likeness (QED) is 0.166. The third-order valence-corrected chi connectivity index (χ3v) is 8.56. The second kappa shape index (κ2) is 9.31. The summed E-state index contributed by atoms with van der Waals surface area (Å²) in [6.07, 6.45) is 0. The van der Waals surface area contributed by atoms with Gasteiger partial charge in [-0.25, -0.2) is 4.31 Å². The number of carbonyl (C=O) groups is 6. The van der Waals surface area contributed by atoms with Crippen molar-refractivity contribution in [2.45, 2.75) is 44.0 Å². The molecule has 5 rings (SSSR count). The van der Waals surface area contributed by atoms with E-state index in [0.29, 0.717) is 17.5 Å². The molecule has 5 amide bonds. The van der Waals surface area contributed by atoms with Crippen molar-refractivity contribution >= 4 is 55.8 Å². The van der Waals surface area contributed by atoms with Gasteiger partial charge in [0.25, 0.3) is 29.5 Å². The van der Waals surface area contributed by atoms with E-state index >= 15 is 0 Å². The van der Waals surface area contributed by atoms with Gasteiger partial charge in [0.15, 0.2) is 12.1 Å². The van der Waals surface area contributed by atoms with Gasteiger partial charge in [0.05, 0.1) is 22.3 Å². The highest BCUT2D eigenvalue weighted by molar-refractivity contribution is 7.98. The molecule has 2 aromatic carbocycles. The summed E-state index contributed by atoms with van der Waals surface area (Å²) in [6.45, 7) is 10.9. The van der Waals surface area contributed by atoms with Gasteiger partial charge in [-0.3, -0.25) is 33.7 Å². The van der Waals surface area contributed by atoms with Gasteiger partial charge in [-0.15, -0.1) is 0 Å². The summed E-state index contributed by atoms with van der Waals surface area (Å²) in [4.78, 5) is 81.9. The molecule has 0 saturated carbocycles. The van der Waals surface area contributed by atoms with Crippen LogP contribution in [0.3, 0.4) is 0 Å². The van der Waals surface area contributed by atoms with E-state index in [0.717, 1.165) is 14.1 Å². The minimum Gasteiger partial charge on any atom is -0.518 e. The average Bonchev–Trinajstić information content (AvgIpc) is 3.26. The number of imide groups is 2. The molecule has 0 spiro atoms. The summed E-state index contributed by atoms with van der Waals surface area (Å²) in [5.41, 5.74) is 0.971.